The van der Waals surface area contributed by atoms with Gasteiger partial charge in [-0.2, -0.15) is 0 Å². The lowest BCUT2D eigenvalue weighted by molar-refractivity contribution is -0.121. The van der Waals surface area contributed by atoms with Crippen LogP contribution in [0.4, 0.5) is 0 Å². The topological polar surface area (TPSA) is 89.3 Å². The molecule has 1 amide bonds. The number of amides is 1. The number of rotatable bonds is 8. The van der Waals surface area contributed by atoms with Crippen molar-refractivity contribution in [2.75, 3.05) is 25.1 Å². The minimum absolute atomic E-state index is 0.0176. The van der Waals surface area contributed by atoms with Crippen molar-refractivity contribution in [2.45, 2.75) is 26.7 Å². The number of nitrogens with two attached hydrogens (primary N) is 1. The van der Waals surface area contributed by atoms with Gasteiger partial charge >= 0.3 is 0 Å². The maximum atomic E-state index is 11.5. The van der Waals surface area contributed by atoms with Gasteiger partial charge in [-0.05, 0) is 24.8 Å². The van der Waals surface area contributed by atoms with Gasteiger partial charge in [-0.25, -0.2) is 8.42 Å². The number of hydrogen-bond donors (Lipinski definition) is 2. The second kappa shape index (κ2) is 7.66. The molecular weight excluding hydrogens is 240 g/mol. The highest BCUT2D eigenvalue weighted by atomic mass is 32.2. The molecule has 0 bridgehead atoms. The predicted molar refractivity (Wildman–Crippen MR) is 69.3 cm³/mol. The predicted octanol–water partition coefficient (Wildman–Crippen LogP) is 0.158. The van der Waals surface area contributed by atoms with E-state index in [1.54, 1.807) is 0 Å². The summed E-state index contributed by atoms with van der Waals surface area (Å²) in [5, 5.41) is 2.60. The Morgan fingerprint density at radius 1 is 1.35 bits per heavy atom. The minimum atomic E-state index is -3.01. The molecule has 0 aliphatic heterocycles. The Bertz CT molecular complexity index is 326. The Morgan fingerprint density at radius 2 is 1.94 bits per heavy atom. The maximum Gasteiger partial charge on any atom is 0.220 e. The molecule has 3 N–H and O–H groups in total. The summed E-state index contributed by atoms with van der Waals surface area (Å²) >= 11 is 0. The fraction of sp³-hybridized carbons (Fsp3) is 0.909. The van der Waals surface area contributed by atoms with Crippen molar-refractivity contribution >= 4 is 15.7 Å². The van der Waals surface area contributed by atoms with Crippen molar-refractivity contribution in [3.05, 3.63) is 0 Å². The van der Waals surface area contributed by atoms with Crippen LogP contribution in [0.2, 0.25) is 0 Å². The molecule has 0 saturated heterocycles. The van der Waals surface area contributed by atoms with Crippen molar-refractivity contribution in [1.29, 1.82) is 0 Å². The van der Waals surface area contributed by atoms with E-state index in [0.29, 0.717) is 18.9 Å². The van der Waals surface area contributed by atoms with Crippen LogP contribution in [0.3, 0.4) is 0 Å². The molecule has 0 aromatic rings. The molecule has 1 unspecified atom stereocenters. The zero-order valence-corrected chi connectivity index (χ0v) is 11.7. The standard InChI is InChI=1S/C11H24N2O3S/c1-9(2)6-10(8-12)7-11(14)13-4-5-17(3,15)16/h9-10H,4-8,12H2,1-3H3,(H,13,14). The number of hydrogen-bond acceptors (Lipinski definition) is 4. The smallest absolute Gasteiger partial charge is 0.220 e. The van der Waals surface area contributed by atoms with Gasteiger partial charge in [0.15, 0.2) is 0 Å². The van der Waals surface area contributed by atoms with E-state index in [1.807, 2.05) is 0 Å². The first-order chi connectivity index (χ1) is 7.74. The lowest BCUT2D eigenvalue weighted by atomic mass is 9.94. The van der Waals surface area contributed by atoms with Gasteiger partial charge in [-0.15, -0.1) is 0 Å². The third kappa shape index (κ3) is 10.3. The average Bonchev–Trinajstić information content (AvgIpc) is 2.13. The van der Waals surface area contributed by atoms with Gasteiger partial charge in [0.1, 0.15) is 9.84 Å². The Hall–Kier alpha value is -0.620. The molecule has 0 aromatic heterocycles. The van der Waals surface area contributed by atoms with Crippen molar-refractivity contribution in [3.63, 3.8) is 0 Å². The molecule has 17 heavy (non-hydrogen) atoms. The normalized spacial score (nSPS) is 13.7. The highest BCUT2D eigenvalue weighted by Crippen LogP contribution is 2.13. The fourth-order valence-electron chi connectivity index (χ4n) is 1.64. The molecule has 0 aliphatic rings. The van der Waals surface area contributed by atoms with Gasteiger partial charge in [-0.1, -0.05) is 13.8 Å². The van der Waals surface area contributed by atoms with Crippen LogP contribution < -0.4 is 11.1 Å². The molecule has 0 aliphatic carbocycles. The van der Waals surface area contributed by atoms with E-state index in [1.165, 1.54) is 0 Å². The van der Waals surface area contributed by atoms with Gasteiger partial charge < -0.3 is 11.1 Å². The second-order valence-corrected chi connectivity index (χ2v) is 7.17. The van der Waals surface area contributed by atoms with Crippen molar-refractivity contribution < 1.29 is 13.2 Å². The van der Waals surface area contributed by atoms with E-state index in [9.17, 15) is 13.2 Å². The van der Waals surface area contributed by atoms with Gasteiger partial charge in [0.05, 0.1) is 5.75 Å². The number of sulfone groups is 1. The van der Waals surface area contributed by atoms with E-state index in [-0.39, 0.29) is 24.1 Å². The number of nitrogens with one attached hydrogen (secondary N) is 1. The summed E-state index contributed by atoms with van der Waals surface area (Å²) in [4.78, 5) is 11.5. The summed E-state index contributed by atoms with van der Waals surface area (Å²) in [5.41, 5.74) is 5.59. The molecule has 1 atom stereocenters. The zero-order chi connectivity index (χ0) is 13.5. The van der Waals surface area contributed by atoms with Crippen LogP contribution in [0.5, 0.6) is 0 Å². The molecule has 0 heterocycles. The highest BCUT2D eigenvalue weighted by Gasteiger charge is 2.14. The van der Waals surface area contributed by atoms with Crippen molar-refractivity contribution in [2.24, 2.45) is 17.6 Å². The monoisotopic (exact) mass is 264 g/mol. The van der Waals surface area contributed by atoms with Crippen molar-refractivity contribution in [3.8, 4) is 0 Å². The first-order valence-corrected chi connectivity index (χ1v) is 7.95. The fourth-order valence-corrected chi connectivity index (χ4v) is 2.11. The molecule has 6 heteroatoms. The molecule has 0 fully saturated rings. The first-order valence-electron chi connectivity index (χ1n) is 5.89. The Morgan fingerprint density at radius 3 is 2.35 bits per heavy atom. The first kappa shape index (κ1) is 16.4. The Balaban J connectivity index is 3.91. The van der Waals surface area contributed by atoms with Crippen molar-refractivity contribution in [1.82, 2.24) is 5.32 Å². The lowest BCUT2D eigenvalue weighted by Gasteiger charge is -2.16. The summed E-state index contributed by atoms with van der Waals surface area (Å²) in [6.45, 7) is 4.84. The molecule has 0 radical (unpaired) electrons. The average molecular weight is 264 g/mol. The zero-order valence-electron chi connectivity index (χ0n) is 10.9. The number of carbonyl (C=O) groups excluding carboxylic acids is 1. The van der Waals surface area contributed by atoms with E-state index in [4.69, 9.17) is 5.73 Å². The molecule has 0 spiro atoms. The van der Waals surface area contributed by atoms with Crippen LogP contribution in [-0.4, -0.2) is 39.4 Å². The minimum Gasteiger partial charge on any atom is -0.355 e. The van der Waals surface area contributed by atoms with Crippen LogP contribution in [0.1, 0.15) is 26.7 Å². The van der Waals surface area contributed by atoms with Gasteiger partial charge in [0, 0.05) is 19.2 Å². The summed E-state index contributed by atoms with van der Waals surface area (Å²) in [5.74, 6) is 0.543. The molecular formula is C11H24N2O3S. The third-order valence-electron chi connectivity index (χ3n) is 2.41. The van der Waals surface area contributed by atoms with E-state index < -0.39 is 9.84 Å². The molecule has 5 nitrogen and oxygen atoms in total. The second-order valence-electron chi connectivity index (χ2n) is 4.92. The molecule has 102 valence electrons. The van der Waals surface area contributed by atoms with Gasteiger partial charge in [-0.3, -0.25) is 4.79 Å². The molecule has 0 aromatic carbocycles. The largest absolute Gasteiger partial charge is 0.355 e. The summed E-state index contributed by atoms with van der Waals surface area (Å²) in [6, 6.07) is 0. The number of carbonyl (C=O) groups is 1. The highest BCUT2D eigenvalue weighted by molar-refractivity contribution is 7.90. The van der Waals surface area contributed by atoms with Crippen LogP contribution in [0.25, 0.3) is 0 Å². The van der Waals surface area contributed by atoms with Crippen LogP contribution in [0, 0.1) is 11.8 Å². The van der Waals surface area contributed by atoms with Gasteiger partial charge in [0.25, 0.3) is 0 Å². The van der Waals surface area contributed by atoms with E-state index >= 15 is 0 Å². The third-order valence-corrected chi connectivity index (χ3v) is 3.35. The van der Waals surface area contributed by atoms with E-state index in [2.05, 4.69) is 19.2 Å². The summed E-state index contributed by atoms with van der Waals surface area (Å²) in [7, 11) is -3.01. The quantitative estimate of drug-likeness (QED) is 0.653. The summed E-state index contributed by atoms with van der Waals surface area (Å²) < 4.78 is 21.7. The van der Waals surface area contributed by atoms with Crippen LogP contribution >= 0.6 is 0 Å². The van der Waals surface area contributed by atoms with Gasteiger partial charge in [0.2, 0.25) is 5.91 Å². The van der Waals surface area contributed by atoms with E-state index in [0.717, 1.165) is 12.7 Å². The SMILES string of the molecule is CC(C)CC(CN)CC(=O)NCCS(C)(=O)=O. The van der Waals surface area contributed by atoms with Crippen LogP contribution in [0.15, 0.2) is 0 Å². The Labute approximate surface area is 104 Å². The maximum absolute atomic E-state index is 11.5. The molecule has 0 rings (SSSR count). The lowest BCUT2D eigenvalue weighted by Crippen LogP contribution is -2.32. The summed E-state index contributed by atoms with van der Waals surface area (Å²) in [6.07, 6.45) is 2.44. The molecule has 0 saturated carbocycles. The Kier molecular flexibility index (Phi) is 7.38. The van der Waals surface area contributed by atoms with Crippen LogP contribution in [-0.2, 0) is 14.6 Å².